The number of halogens is 1. The van der Waals surface area contributed by atoms with Crippen molar-refractivity contribution < 1.29 is 4.74 Å². The van der Waals surface area contributed by atoms with Gasteiger partial charge in [0.2, 0.25) is 0 Å². The second-order valence-corrected chi connectivity index (χ2v) is 4.91. The van der Waals surface area contributed by atoms with Crippen LogP contribution < -0.4 is 0 Å². The molecule has 1 aliphatic carbocycles. The largest absolute Gasteiger partial charge is 0.381 e. The number of ether oxygens (including phenoxy) is 1. The van der Waals surface area contributed by atoms with Crippen LogP contribution in [0.4, 0.5) is 0 Å². The summed E-state index contributed by atoms with van der Waals surface area (Å²) in [6, 6.07) is 0. The van der Waals surface area contributed by atoms with Crippen LogP contribution in [-0.2, 0) is 4.74 Å². The minimum Gasteiger partial charge on any atom is -0.381 e. The van der Waals surface area contributed by atoms with Gasteiger partial charge in [-0.3, -0.25) is 0 Å². The smallest absolute Gasteiger partial charge is 0.0574 e. The highest BCUT2D eigenvalue weighted by Gasteiger charge is 2.24. The maximum Gasteiger partial charge on any atom is 0.0574 e. The van der Waals surface area contributed by atoms with E-state index in [0.717, 1.165) is 5.92 Å². The molecule has 0 spiro atoms. The predicted molar refractivity (Wildman–Crippen MR) is 51.1 cm³/mol. The summed E-state index contributed by atoms with van der Waals surface area (Å²) in [5.74, 6) is 0.827. The van der Waals surface area contributed by atoms with Crippen LogP contribution in [0.25, 0.3) is 0 Å². The van der Waals surface area contributed by atoms with Gasteiger partial charge in [0.25, 0.3) is 0 Å². The van der Waals surface area contributed by atoms with E-state index in [0.29, 0.717) is 10.9 Å². The van der Waals surface area contributed by atoms with E-state index in [1.165, 1.54) is 25.7 Å². The molecule has 11 heavy (non-hydrogen) atoms. The summed E-state index contributed by atoms with van der Waals surface area (Å²) in [6.07, 6.45) is 5.72. The summed E-state index contributed by atoms with van der Waals surface area (Å²) in [7, 11) is 1.83. The molecular weight excluding hydrogens is 204 g/mol. The first kappa shape index (κ1) is 9.53. The van der Waals surface area contributed by atoms with Crippen LogP contribution in [0.2, 0.25) is 0 Å². The normalized spacial score (nSPS) is 35.2. The Morgan fingerprint density at radius 2 is 2.18 bits per heavy atom. The van der Waals surface area contributed by atoms with E-state index < -0.39 is 0 Å². The minimum atomic E-state index is 0.522. The Morgan fingerprint density at radius 1 is 1.45 bits per heavy atom. The van der Waals surface area contributed by atoms with Crippen molar-refractivity contribution in [2.45, 2.75) is 43.5 Å². The number of methoxy groups -OCH3 is 1. The molecule has 0 saturated heterocycles. The van der Waals surface area contributed by atoms with Crippen LogP contribution in [0, 0.1) is 5.92 Å². The second-order valence-electron chi connectivity index (χ2n) is 3.46. The molecule has 1 saturated carbocycles. The zero-order valence-corrected chi connectivity index (χ0v) is 8.93. The van der Waals surface area contributed by atoms with E-state index in [-0.39, 0.29) is 0 Å². The van der Waals surface area contributed by atoms with E-state index in [1.807, 2.05) is 7.11 Å². The lowest BCUT2D eigenvalue weighted by Crippen LogP contribution is -2.25. The van der Waals surface area contributed by atoms with Gasteiger partial charge in [-0.1, -0.05) is 29.3 Å². The van der Waals surface area contributed by atoms with Crippen molar-refractivity contribution >= 4 is 15.9 Å². The van der Waals surface area contributed by atoms with Gasteiger partial charge in [-0.15, -0.1) is 0 Å². The molecule has 1 fully saturated rings. The third-order valence-corrected chi connectivity index (χ3v) is 3.40. The average molecular weight is 221 g/mol. The van der Waals surface area contributed by atoms with Crippen molar-refractivity contribution in [3.63, 3.8) is 0 Å². The average Bonchev–Trinajstić information content (AvgIpc) is 2.05. The van der Waals surface area contributed by atoms with E-state index in [9.17, 15) is 0 Å². The number of hydrogen-bond acceptors (Lipinski definition) is 1. The van der Waals surface area contributed by atoms with E-state index >= 15 is 0 Å². The predicted octanol–water partition coefficient (Wildman–Crippen LogP) is 2.98. The summed E-state index contributed by atoms with van der Waals surface area (Å²) in [5, 5.41) is 0. The quantitative estimate of drug-likeness (QED) is 0.651. The fraction of sp³-hybridized carbons (Fsp3) is 1.00. The maximum absolute atomic E-state index is 5.35. The Labute approximate surface area is 77.6 Å². The molecule has 1 rings (SSSR count). The molecule has 0 radical (unpaired) electrons. The zero-order valence-electron chi connectivity index (χ0n) is 7.35. The van der Waals surface area contributed by atoms with Crippen molar-refractivity contribution in [2.24, 2.45) is 5.92 Å². The van der Waals surface area contributed by atoms with E-state index in [4.69, 9.17) is 4.74 Å². The first-order valence-electron chi connectivity index (χ1n) is 4.41. The van der Waals surface area contributed by atoms with Gasteiger partial charge in [0.05, 0.1) is 6.10 Å². The molecule has 66 valence electrons. The highest BCUT2D eigenvalue weighted by molar-refractivity contribution is 9.09. The Hall–Kier alpha value is 0.440. The van der Waals surface area contributed by atoms with Crippen LogP contribution >= 0.6 is 15.9 Å². The van der Waals surface area contributed by atoms with Crippen molar-refractivity contribution in [3.05, 3.63) is 0 Å². The van der Waals surface area contributed by atoms with Gasteiger partial charge in [0.15, 0.2) is 0 Å². The summed E-state index contributed by atoms with van der Waals surface area (Å²) < 4.78 is 5.35. The molecule has 1 nitrogen and oxygen atoms in total. The molecule has 3 unspecified atom stereocenters. The lowest BCUT2D eigenvalue weighted by atomic mass is 9.85. The van der Waals surface area contributed by atoms with Crippen molar-refractivity contribution in [3.8, 4) is 0 Å². The molecule has 0 heterocycles. The van der Waals surface area contributed by atoms with Gasteiger partial charge < -0.3 is 4.74 Å². The fourth-order valence-corrected chi connectivity index (χ4v) is 2.29. The summed E-state index contributed by atoms with van der Waals surface area (Å²) in [5.41, 5.74) is 0. The lowest BCUT2D eigenvalue weighted by molar-refractivity contribution is 0.0514. The number of hydrogen-bond donors (Lipinski definition) is 0. The van der Waals surface area contributed by atoms with Crippen molar-refractivity contribution in [1.82, 2.24) is 0 Å². The number of alkyl halides is 1. The maximum atomic E-state index is 5.35. The standard InChI is InChI=1S/C9H17BrO/c1-7(10)8-4-3-5-9(6-8)11-2/h7-9H,3-6H2,1-2H3. The van der Waals surface area contributed by atoms with Gasteiger partial charge in [-0.2, -0.15) is 0 Å². The highest BCUT2D eigenvalue weighted by Crippen LogP contribution is 2.31. The molecule has 0 aromatic heterocycles. The van der Waals surface area contributed by atoms with Crippen LogP contribution in [-0.4, -0.2) is 18.0 Å². The van der Waals surface area contributed by atoms with Crippen LogP contribution in [0.3, 0.4) is 0 Å². The molecule has 0 N–H and O–H groups in total. The van der Waals surface area contributed by atoms with Crippen LogP contribution in [0.15, 0.2) is 0 Å². The van der Waals surface area contributed by atoms with Gasteiger partial charge in [0.1, 0.15) is 0 Å². The molecule has 0 aliphatic heterocycles. The second kappa shape index (κ2) is 4.46. The Kier molecular flexibility index (Phi) is 3.86. The Bertz CT molecular complexity index is 114. The third-order valence-electron chi connectivity index (χ3n) is 2.65. The zero-order chi connectivity index (χ0) is 8.27. The highest BCUT2D eigenvalue weighted by atomic mass is 79.9. The van der Waals surface area contributed by atoms with Gasteiger partial charge >= 0.3 is 0 Å². The summed E-state index contributed by atoms with van der Waals surface area (Å²) >= 11 is 3.64. The van der Waals surface area contributed by atoms with Crippen LogP contribution in [0.5, 0.6) is 0 Å². The summed E-state index contributed by atoms with van der Waals surface area (Å²) in [6.45, 7) is 2.24. The van der Waals surface area contributed by atoms with Gasteiger partial charge in [0, 0.05) is 11.9 Å². The van der Waals surface area contributed by atoms with E-state index in [2.05, 4.69) is 22.9 Å². The molecule has 0 aromatic carbocycles. The van der Waals surface area contributed by atoms with Crippen LogP contribution in [0.1, 0.15) is 32.6 Å². The van der Waals surface area contributed by atoms with E-state index in [1.54, 1.807) is 0 Å². The lowest BCUT2D eigenvalue weighted by Gasteiger charge is -2.29. The monoisotopic (exact) mass is 220 g/mol. The summed E-state index contributed by atoms with van der Waals surface area (Å²) in [4.78, 5) is 0.653. The molecule has 1 aliphatic rings. The van der Waals surface area contributed by atoms with Crippen molar-refractivity contribution in [1.29, 1.82) is 0 Å². The SMILES string of the molecule is COC1CCCC(C(C)Br)C1. The first-order valence-corrected chi connectivity index (χ1v) is 5.32. The fourth-order valence-electron chi connectivity index (χ4n) is 1.81. The van der Waals surface area contributed by atoms with Gasteiger partial charge in [-0.25, -0.2) is 0 Å². The molecule has 0 bridgehead atoms. The third kappa shape index (κ3) is 2.75. The topological polar surface area (TPSA) is 9.23 Å². The first-order chi connectivity index (χ1) is 5.24. The molecule has 2 heteroatoms. The number of rotatable bonds is 2. The van der Waals surface area contributed by atoms with Crippen molar-refractivity contribution in [2.75, 3.05) is 7.11 Å². The van der Waals surface area contributed by atoms with Gasteiger partial charge in [-0.05, 0) is 25.2 Å². The minimum absolute atomic E-state index is 0.522. The Morgan fingerprint density at radius 3 is 2.73 bits per heavy atom. The molecule has 3 atom stereocenters. The molecule has 0 aromatic rings. The molecular formula is C9H17BrO. The molecule has 0 amide bonds. The Balaban J connectivity index is 2.33.